The predicted molar refractivity (Wildman–Crippen MR) is 114 cm³/mol. The molecule has 1 atom stereocenters. The molecule has 1 aliphatic rings. The maximum absolute atomic E-state index is 5.44. The van der Waals surface area contributed by atoms with Crippen LogP contribution in [0.4, 0.5) is 0 Å². The van der Waals surface area contributed by atoms with E-state index in [4.69, 9.17) is 4.84 Å². The molecule has 0 amide bonds. The molecule has 1 aliphatic carbocycles. The predicted octanol–water partition coefficient (Wildman–Crippen LogP) is 6.89. The fraction of sp³-hybridized carbons (Fsp3) is 0.909. The van der Waals surface area contributed by atoms with Crippen LogP contribution in [0.2, 0.25) is 13.3 Å². The van der Waals surface area contributed by atoms with Crippen molar-refractivity contribution in [3.63, 3.8) is 0 Å². The number of unbranched alkanes of at least 4 members (excludes halogenated alkanes) is 3. The number of rotatable bonds is 12. The molecule has 0 saturated heterocycles. The van der Waals surface area contributed by atoms with Crippen LogP contribution in [0.25, 0.3) is 0 Å². The van der Waals surface area contributed by atoms with E-state index in [1.165, 1.54) is 38.5 Å². The Morgan fingerprint density at radius 1 is 0.920 bits per heavy atom. The molecule has 0 aliphatic heterocycles. The van der Waals surface area contributed by atoms with E-state index in [1.54, 1.807) is 20.4 Å². The molecule has 0 radical (unpaired) electrons. The van der Waals surface area contributed by atoms with Gasteiger partial charge in [-0.1, -0.05) is 0 Å². The Morgan fingerprint density at radius 3 is 1.72 bits per heavy atom. The van der Waals surface area contributed by atoms with Crippen LogP contribution < -0.4 is 5.48 Å². The van der Waals surface area contributed by atoms with Crippen LogP contribution in [-0.2, 0) is 4.84 Å². The molecule has 25 heavy (non-hydrogen) atoms. The van der Waals surface area contributed by atoms with Crippen molar-refractivity contribution in [3.8, 4) is 0 Å². The third-order valence-corrected chi connectivity index (χ3v) is 23.2. The Kier molecular flexibility index (Phi) is 9.52. The van der Waals surface area contributed by atoms with Crippen molar-refractivity contribution in [3.05, 3.63) is 9.67 Å². The molecule has 2 nitrogen and oxygen atoms in total. The van der Waals surface area contributed by atoms with Crippen molar-refractivity contribution in [2.24, 2.45) is 10.8 Å². The van der Waals surface area contributed by atoms with E-state index in [-0.39, 0.29) is 10.8 Å². The molecule has 0 aromatic heterocycles. The van der Waals surface area contributed by atoms with Gasteiger partial charge in [0.05, 0.1) is 0 Å². The van der Waals surface area contributed by atoms with Crippen LogP contribution in [0, 0.1) is 10.8 Å². The number of nitrogens with one attached hydrogen (secondary N) is 1. The van der Waals surface area contributed by atoms with E-state index in [0.29, 0.717) is 6.04 Å². The van der Waals surface area contributed by atoms with Crippen molar-refractivity contribution in [2.45, 2.75) is 106 Å². The van der Waals surface area contributed by atoms with Crippen molar-refractivity contribution in [1.82, 2.24) is 5.48 Å². The van der Waals surface area contributed by atoms with Gasteiger partial charge in [0.25, 0.3) is 0 Å². The molecular weight excluding hydrogens is 413 g/mol. The molecule has 0 fully saturated rings. The van der Waals surface area contributed by atoms with Gasteiger partial charge in [-0.3, -0.25) is 0 Å². The van der Waals surface area contributed by atoms with Gasteiger partial charge in [-0.25, -0.2) is 0 Å². The molecule has 0 spiro atoms. The van der Waals surface area contributed by atoms with E-state index in [2.05, 4.69) is 60.0 Å². The molecular formula is C22H45NOSn. The third-order valence-electron chi connectivity index (χ3n) is 6.51. The fourth-order valence-electron chi connectivity index (χ4n) is 5.30. The van der Waals surface area contributed by atoms with Crippen LogP contribution in [0.5, 0.6) is 0 Å². The first-order valence-electron chi connectivity index (χ1n) is 10.7. The zero-order valence-corrected chi connectivity index (χ0v) is 21.3. The minimum atomic E-state index is -2.39. The Balaban J connectivity index is 3.34. The second kappa shape index (κ2) is 10.1. The Morgan fingerprint density at radius 2 is 1.36 bits per heavy atom. The van der Waals surface area contributed by atoms with Gasteiger partial charge in [-0.2, -0.15) is 0 Å². The van der Waals surface area contributed by atoms with E-state index >= 15 is 0 Å². The summed E-state index contributed by atoms with van der Waals surface area (Å²) in [5.41, 5.74) is 3.76. The summed E-state index contributed by atoms with van der Waals surface area (Å²) in [6, 6.07) is 0.376. The molecule has 0 aromatic rings. The fourth-order valence-corrected chi connectivity index (χ4v) is 24.8. The monoisotopic (exact) mass is 459 g/mol. The molecule has 1 rings (SSSR count). The summed E-state index contributed by atoms with van der Waals surface area (Å²) in [4.78, 5) is 5.44. The van der Waals surface area contributed by atoms with Crippen LogP contribution in [0.3, 0.4) is 0 Å². The average molecular weight is 458 g/mol. The number of hydroxylamine groups is 1. The summed E-state index contributed by atoms with van der Waals surface area (Å²) in [6.07, 6.45) is 11.0. The van der Waals surface area contributed by atoms with Crippen molar-refractivity contribution >= 4 is 18.4 Å². The van der Waals surface area contributed by atoms with Gasteiger partial charge in [0.1, 0.15) is 0 Å². The zero-order chi connectivity index (χ0) is 19.1. The first-order valence-corrected chi connectivity index (χ1v) is 18.2. The van der Waals surface area contributed by atoms with Gasteiger partial charge in [-0.05, 0) is 0 Å². The summed E-state index contributed by atoms with van der Waals surface area (Å²) < 4.78 is 6.57. The van der Waals surface area contributed by atoms with Crippen molar-refractivity contribution in [2.75, 3.05) is 7.11 Å². The maximum atomic E-state index is 5.44. The summed E-state index contributed by atoms with van der Waals surface area (Å²) >= 11 is -2.39. The van der Waals surface area contributed by atoms with E-state index < -0.39 is 18.4 Å². The van der Waals surface area contributed by atoms with Gasteiger partial charge >= 0.3 is 163 Å². The standard InChI is InChI=1S/C10H18NO.3C4H9.Sn/c1-9(2)6-7-10(3,4)8(9)11-12-5;3*1-3-4-2;/h6,8,11H,1-5H3;3*1,3-4H2,2H3;. The van der Waals surface area contributed by atoms with Crippen molar-refractivity contribution < 1.29 is 4.84 Å². The normalized spacial score (nSPS) is 22.2. The second-order valence-electron chi connectivity index (χ2n) is 9.45. The molecule has 0 saturated carbocycles. The van der Waals surface area contributed by atoms with Crippen molar-refractivity contribution in [1.29, 1.82) is 0 Å². The first kappa shape index (κ1) is 23.5. The second-order valence-corrected chi connectivity index (χ2v) is 22.6. The van der Waals surface area contributed by atoms with E-state index in [0.717, 1.165) is 0 Å². The molecule has 1 N–H and O–H groups in total. The quantitative estimate of drug-likeness (QED) is 0.254. The molecule has 0 heterocycles. The Hall–Kier alpha value is 0.459. The molecule has 0 bridgehead atoms. The zero-order valence-electron chi connectivity index (χ0n) is 18.4. The van der Waals surface area contributed by atoms with Crippen LogP contribution in [0.1, 0.15) is 87.0 Å². The molecule has 1 unspecified atom stereocenters. The van der Waals surface area contributed by atoms with Gasteiger partial charge < -0.3 is 0 Å². The number of hydrogen-bond acceptors (Lipinski definition) is 2. The summed E-state index contributed by atoms with van der Waals surface area (Å²) in [5, 5.41) is 0. The molecule has 148 valence electrons. The molecule has 3 heteroatoms. The summed E-state index contributed by atoms with van der Waals surface area (Å²) in [7, 11) is 1.77. The van der Waals surface area contributed by atoms with Crippen LogP contribution in [0.15, 0.2) is 9.67 Å². The SMILES string of the molecule is CCC[CH2][Sn]([CH2]CCC)([CH2]CCC)[C]1=CC(C)(C)C(NOC)C1(C)C. The van der Waals surface area contributed by atoms with Gasteiger partial charge in [0.2, 0.25) is 0 Å². The summed E-state index contributed by atoms with van der Waals surface area (Å²) in [6.45, 7) is 16.9. The van der Waals surface area contributed by atoms with Gasteiger partial charge in [-0.15, -0.1) is 0 Å². The molecule has 0 aromatic carbocycles. The Labute approximate surface area is 162 Å². The topological polar surface area (TPSA) is 21.3 Å². The average Bonchev–Trinajstić information content (AvgIpc) is 2.75. The Bertz CT molecular complexity index is 406. The van der Waals surface area contributed by atoms with Gasteiger partial charge in [0.15, 0.2) is 0 Å². The summed E-state index contributed by atoms with van der Waals surface area (Å²) in [5.74, 6) is 0. The first-order chi connectivity index (χ1) is 11.7. The van der Waals surface area contributed by atoms with Crippen LogP contribution in [-0.4, -0.2) is 31.5 Å². The third kappa shape index (κ3) is 5.48. The number of hydrogen-bond donors (Lipinski definition) is 1. The minimum absolute atomic E-state index is 0.168. The van der Waals surface area contributed by atoms with E-state index in [9.17, 15) is 0 Å². The van der Waals surface area contributed by atoms with E-state index in [1.807, 2.05) is 3.59 Å². The van der Waals surface area contributed by atoms with Gasteiger partial charge in [0, 0.05) is 0 Å². The van der Waals surface area contributed by atoms with Crippen LogP contribution >= 0.6 is 0 Å².